The van der Waals surface area contributed by atoms with E-state index in [9.17, 15) is 0 Å². The first-order valence-electron chi connectivity index (χ1n) is 8.17. The lowest BCUT2D eigenvalue weighted by Crippen LogP contribution is -2.65. The highest BCUT2D eigenvalue weighted by molar-refractivity contribution is 6.29. The Morgan fingerprint density at radius 1 is 1.23 bits per heavy atom. The molecule has 5 heteroatoms. The molecule has 2 aliphatic rings. The van der Waals surface area contributed by atoms with Crippen LogP contribution in [0.15, 0.2) is 12.1 Å². The van der Waals surface area contributed by atoms with Crippen molar-refractivity contribution in [2.45, 2.75) is 71.0 Å². The highest BCUT2D eigenvalue weighted by atomic mass is 35.5. The molecule has 2 saturated heterocycles. The molecule has 2 N–H and O–H groups in total. The Kier molecular flexibility index (Phi) is 3.69. The molecular formula is C17H27ClN4. The number of hydrogen-bond acceptors (Lipinski definition) is 4. The van der Waals surface area contributed by atoms with Crippen molar-refractivity contribution in [2.24, 2.45) is 11.3 Å². The monoisotopic (exact) mass is 322 g/mol. The molecule has 2 fully saturated rings. The highest BCUT2D eigenvalue weighted by Gasteiger charge is 2.57. The van der Waals surface area contributed by atoms with Crippen LogP contribution in [0.1, 0.15) is 53.9 Å². The van der Waals surface area contributed by atoms with Crippen LogP contribution in [-0.2, 0) is 0 Å². The van der Waals surface area contributed by atoms with Crippen LogP contribution in [0.3, 0.4) is 0 Å². The van der Waals surface area contributed by atoms with Crippen LogP contribution in [0.25, 0.3) is 0 Å². The van der Waals surface area contributed by atoms with E-state index in [1.54, 1.807) is 6.07 Å². The summed E-state index contributed by atoms with van der Waals surface area (Å²) in [6.45, 7) is 11.8. The highest BCUT2D eigenvalue weighted by Crippen LogP contribution is 2.52. The van der Waals surface area contributed by atoms with E-state index in [4.69, 9.17) is 11.6 Å². The molecular weight excluding hydrogens is 296 g/mol. The third-order valence-corrected chi connectivity index (χ3v) is 5.64. The zero-order chi connectivity index (χ0) is 16.2. The molecule has 2 aliphatic heterocycles. The number of fused-ring (bicyclic) bond motifs is 2. The summed E-state index contributed by atoms with van der Waals surface area (Å²) in [6.07, 6.45) is 3.57. The first kappa shape index (κ1) is 16.0. The summed E-state index contributed by atoms with van der Waals surface area (Å²) in [5, 5.41) is 16.2. The van der Waals surface area contributed by atoms with Crippen LogP contribution in [0, 0.1) is 11.3 Å². The summed E-state index contributed by atoms with van der Waals surface area (Å²) in [6, 6.07) is 4.10. The van der Waals surface area contributed by atoms with E-state index in [1.165, 1.54) is 12.8 Å². The third kappa shape index (κ3) is 2.83. The first-order chi connectivity index (χ1) is 10.1. The minimum atomic E-state index is 0.169. The van der Waals surface area contributed by atoms with Crippen molar-refractivity contribution in [3.63, 3.8) is 0 Å². The second-order valence-corrected chi connectivity index (χ2v) is 9.03. The summed E-state index contributed by atoms with van der Waals surface area (Å²) >= 11 is 5.84. The van der Waals surface area contributed by atoms with Gasteiger partial charge in [0.25, 0.3) is 0 Å². The van der Waals surface area contributed by atoms with Gasteiger partial charge < -0.3 is 10.6 Å². The maximum Gasteiger partial charge on any atom is 0.151 e. The van der Waals surface area contributed by atoms with E-state index >= 15 is 0 Å². The predicted octanol–water partition coefficient (Wildman–Crippen LogP) is 3.88. The van der Waals surface area contributed by atoms with Crippen molar-refractivity contribution in [2.75, 3.05) is 5.32 Å². The fourth-order valence-electron chi connectivity index (χ4n) is 5.06. The van der Waals surface area contributed by atoms with Crippen LogP contribution >= 0.6 is 11.6 Å². The van der Waals surface area contributed by atoms with Gasteiger partial charge in [-0.2, -0.15) is 0 Å². The zero-order valence-electron chi connectivity index (χ0n) is 14.2. The van der Waals surface area contributed by atoms with E-state index in [1.807, 2.05) is 6.07 Å². The van der Waals surface area contributed by atoms with Crippen LogP contribution in [0.5, 0.6) is 0 Å². The normalized spacial score (nSPS) is 38.1. The molecule has 0 radical (unpaired) electrons. The first-order valence-corrected chi connectivity index (χ1v) is 8.54. The van der Waals surface area contributed by atoms with Gasteiger partial charge in [-0.1, -0.05) is 32.4 Å². The summed E-state index contributed by atoms with van der Waals surface area (Å²) in [5.41, 5.74) is 0.599. The summed E-state index contributed by atoms with van der Waals surface area (Å²) < 4.78 is 0. The van der Waals surface area contributed by atoms with Gasteiger partial charge in [0.2, 0.25) is 0 Å². The predicted molar refractivity (Wildman–Crippen MR) is 91.2 cm³/mol. The van der Waals surface area contributed by atoms with Gasteiger partial charge in [-0.05, 0) is 50.7 Å². The fraction of sp³-hybridized carbons (Fsp3) is 0.765. The van der Waals surface area contributed by atoms with E-state index in [-0.39, 0.29) is 16.5 Å². The van der Waals surface area contributed by atoms with Crippen LogP contribution in [0.2, 0.25) is 5.15 Å². The van der Waals surface area contributed by atoms with Crippen molar-refractivity contribution in [1.29, 1.82) is 0 Å². The Bertz CT molecular complexity index is 553. The topological polar surface area (TPSA) is 49.8 Å². The van der Waals surface area contributed by atoms with Crippen molar-refractivity contribution < 1.29 is 0 Å². The summed E-state index contributed by atoms with van der Waals surface area (Å²) in [5.74, 6) is 1.34. The number of halogens is 1. The van der Waals surface area contributed by atoms with Crippen molar-refractivity contribution >= 4 is 17.4 Å². The van der Waals surface area contributed by atoms with Crippen LogP contribution in [0.4, 0.5) is 5.82 Å². The van der Waals surface area contributed by atoms with Gasteiger partial charge in [0.1, 0.15) is 5.82 Å². The van der Waals surface area contributed by atoms with Gasteiger partial charge in [0, 0.05) is 23.0 Å². The van der Waals surface area contributed by atoms with Gasteiger partial charge in [0.05, 0.1) is 0 Å². The fourth-order valence-corrected chi connectivity index (χ4v) is 5.16. The average Bonchev–Trinajstić information content (AvgIpc) is 2.61. The van der Waals surface area contributed by atoms with Crippen LogP contribution in [-0.4, -0.2) is 27.3 Å². The average molecular weight is 323 g/mol. The Morgan fingerprint density at radius 3 is 2.55 bits per heavy atom. The van der Waals surface area contributed by atoms with Gasteiger partial charge in [-0.25, -0.2) is 0 Å². The van der Waals surface area contributed by atoms with E-state index in [0.29, 0.717) is 17.1 Å². The number of nitrogens with zero attached hydrogens (tertiary/aromatic N) is 2. The smallest absolute Gasteiger partial charge is 0.151 e. The molecule has 0 aromatic carbocycles. The molecule has 3 heterocycles. The molecule has 1 aromatic rings. The lowest BCUT2D eigenvalue weighted by molar-refractivity contribution is 0.0517. The molecule has 0 saturated carbocycles. The molecule has 2 bridgehead atoms. The molecule has 0 amide bonds. The van der Waals surface area contributed by atoms with Gasteiger partial charge >= 0.3 is 0 Å². The minimum absolute atomic E-state index is 0.169. The van der Waals surface area contributed by atoms with Crippen LogP contribution < -0.4 is 10.6 Å². The molecule has 0 spiro atoms. The molecule has 3 rings (SSSR count). The maximum absolute atomic E-state index is 5.84. The van der Waals surface area contributed by atoms with E-state index in [0.717, 1.165) is 12.2 Å². The number of rotatable bonds is 2. The molecule has 4 atom stereocenters. The standard InChI is InChI=1S/C17H27ClN4/c1-15(2,3)14-11(19-13-7-6-12(18)20-21-13)10-16(4)8-9-17(14,5)22-16/h6-7,11,14,22H,8-10H2,1-5H3,(H,19,21)/t11-,14?,16-,17+/m0/s1. The number of hydrogen-bond donors (Lipinski definition) is 2. The minimum Gasteiger partial charge on any atom is -0.365 e. The van der Waals surface area contributed by atoms with E-state index < -0.39 is 0 Å². The van der Waals surface area contributed by atoms with Gasteiger partial charge in [-0.15, -0.1) is 10.2 Å². The quantitative estimate of drug-likeness (QED) is 0.867. The Hall–Kier alpha value is -0.870. The van der Waals surface area contributed by atoms with Gasteiger partial charge in [-0.3, -0.25) is 0 Å². The number of aromatic nitrogens is 2. The molecule has 1 aromatic heterocycles. The molecule has 1 unspecified atom stereocenters. The number of anilines is 1. The second kappa shape index (κ2) is 5.07. The zero-order valence-corrected chi connectivity index (χ0v) is 15.0. The summed E-state index contributed by atoms with van der Waals surface area (Å²) in [4.78, 5) is 0. The molecule has 4 nitrogen and oxygen atoms in total. The molecule has 22 heavy (non-hydrogen) atoms. The molecule has 0 aliphatic carbocycles. The number of piperidine rings is 1. The van der Waals surface area contributed by atoms with E-state index in [2.05, 4.69) is 55.4 Å². The largest absolute Gasteiger partial charge is 0.365 e. The Balaban J connectivity index is 1.91. The maximum atomic E-state index is 5.84. The van der Waals surface area contributed by atoms with Crippen molar-refractivity contribution in [1.82, 2.24) is 15.5 Å². The Labute approximate surface area is 138 Å². The lowest BCUT2D eigenvalue weighted by atomic mass is 9.63. The van der Waals surface area contributed by atoms with Gasteiger partial charge in [0.15, 0.2) is 5.15 Å². The second-order valence-electron chi connectivity index (χ2n) is 8.64. The Morgan fingerprint density at radius 2 is 1.95 bits per heavy atom. The third-order valence-electron chi connectivity index (χ3n) is 5.44. The lowest BCUT2D eigenvalue weighted by Gasteiger charge is -2.53. The summed E-state index contributed by atoms with van der Waals surface area (Å²) in [7, 11) is 0. The van der Waals surface area contributed by atoms with Crippen molar-refractivity contribution in [3.8, 4) is 0 Å². The van der Waals surface area contributed by atoms with Crippen molar-refractivity contribution in [3.05, 3.63) is 17.3 Å². The SMILES string of the molecule is CC(C)(C)C1[C@@H](Nc2ccc(Cl)nn2)C[C@]2(C)CC[C@@]1(C)N2. The molecule has 122 valence electrons. The number of nitrogens with one attached hydrogen (secondary N) is 2.